The minimum Gasteiger partial charge on any atom is -0.497 e. The van der Waals surface area contributed by atoms with E-state index in [-0.39, 0.29) is 26.4 Å². The van der Waals surface area contributed by atoms with Crippen molar-refractivity contribution in [3.8, 4) is 11.5 Å². The van der Waals surface area contributed by atoms with Crippen LogP contribution in [0.3, 0.4) is 0 Å². The number of benzene rings is 2. The van der Waals surface area contributed by atoms with Crippen LogP contribution in [0.25, 0.3) is 6.08 Å². The van der Waals surface area contributed by atoms with Gasteiger partial charge in [-0.1, -0.05) is 71.9 Å². The van der Waals surface area contributed by atoms with E-state index in [1.54, 1.807) is 29.6 Å². The second-order valence-corrected chi connectivity index (χ2v) is 36.4. The van der Waals surface area contributed by atoms with Gasteiger partial charge in [-0.25, -0.2) is 26.8 Å². The Bertz CT molecular complexity index is 2860. The van der Waals surface area contributed by atoms with Crippen molar-refractivity contribution in [2.75, 3.05) is 89.0 Å². The first-order valence-electron chi connectivity index (χ1n) is 25.5. The Morgan fingerprint density at radius 3 is 1.57 bits per heavy atom. The molecule has 0 aliphatic carbocycles. The van der Waals surface area contributed by atoms with Gasteiger partial charge in [0.05, 0.1) is 56.8 Å². The highest BCUT2D eigenvalue weighted by molar-refractivity contribution is 7.91. The third-order valence-electron chi connectivity index (χ3n) is 14.8. The monoisotopic (exact) mass is 1100 g/mol. The van der Waals surface area contributed by atoms with Crippen molar-refractivity contribution in [3.05, 3.63) is 110 Å². The number of piperazine rings is 1. The zero-order valence-corrected chi connectivity index (χ0v) is 50.1. The van der Waals surface area contributed by atoms with E-state index >= 15 is 0 Å². The molecule has 74 heavy (non-hydrogen) atoms. The molecule has 2 saturated heterocycles. The SMILES string of the molecule is COc1ccc(Cn2cc(/C=C/CO[Si](C)(C)C(C)(C)C)nc(N3CCC(S(C)(=O)=O)CC3)c2=O)cc1.COc1ccc(Cn2cc(CCCO[Si](C)(C)C(C)(C)C)nc(N3CCN(S(C)(=O)=O)CC3)c2=O)cc1. The lowest BCUT2D eigenvalue weighted by molar-refractivity contribution is 0.282. The van der Waals surface area contributed by atoms with Crippen molar-refractivity contribution in [3.63, 3.8) is 0 Å². The minimum absolute atomic E-state index is 0.121. The summed E-state index contributed by atoms with van der Waals surface area (Å²) in [5.74, 6) is 2.25. The second kappa shape index (κ2) is 25.0. The van der Waals surface area contributed by atoms with Crippen molar-refractivity contribution >= 4 is 54.2 Å². The summed E-state index contributed by atoms with van der Waals surface area (Å²) in [4.78, 5) is 40.2. The molecule has 0 spiro atoms. The van der Waals surface area contributed by atoms with Gasteiger partial charge in [0.25, 0.3) is 11.1 Å². The van der Waals surface area contributed by atoms with Crippen molar-refractivity contribution < 1.29 is 35.2 Å². The highest BCUT2D eigenvalue weighted by Crippen LogP contribution is 2.37. The number of aromatic nitrogens is 4. The number of nitrogens with zero attached hydrogens (tertiary/aromatic N) is 7. The molecule has 2 aliphatic rings. The second-order valence-electron chi connectivity index (χ2n) is 22.5. The standard InChI is InChI=1S/C27H41N3O5SSi.C26H42N4O5SSi/c1-27(2,3)37(6,7)35-18-8-9-22-20-30(19-21-10-12-23(34-4)13-11-21)26(31)25(28-22)29-16-14-24(15-17-29)36(5,32)33;1-26(2,3)37(6,7)35-18-8-9-22-20-29(19-21-10-12-23(34-4)13-11-21)25(31)24(27-22)28-14-16-30(17-15-28)36(5,32)33/h8-13,20,24H,14-19H2,1-7H3;10-13,20H,8-9,14-19H2,1-7H3/b9-8+;. The quantitative estimate of drug-likeness (QED) is 0.0658. The van der Waals surface area contributed by atoms with Gasteiger partial charge < -0.3 is 37.3 Å². The summed E-state index contributed by atoms with van der Waals surface area (Å²) < 4.78 is 75.8. The topological polar surface area (TPSA) is 185 Å². The minimum atomic E-state index is -3.26. The van der Waals surface area contributed by atoms with Crippen LogP contribution in [-0.4, -0.2) is 141 Å². The smallest absolute Gasteiger partial charge is 0.293 e. The van der Waals surface area contributed by atoms with E-state index in [1.807, 2.05) is 76.7 Å². The maximum atomic E-state index is 13.5. The number of piperidine rings is 1. The highest BCUT2D eigenvalue weighted by Gasteiger charge is 2.38. The Balaban J connectivity index is 0.000000274. The Hall–Kier alpha value is -4.65. The molecular formula is C53H83N7O10S2Si2. The Kier molecular flexibility index (Phi) is 20.4. The average Bonchev–Trinajstić information content (AvgIpc) is 3.33. The molecule has 2 fully saturated rings. The van der Waals surface area contributed by atoms with E-state index in [1.165, 1.54) is 16.8 Å². The van der Waals surface area contributed by atoms with E-state index in [9.17, 15) is 26.4 Å². The van der Waals surface area contributed by atoms with Gasteiger partial charge in [-0.15, -0.1) is 0 Å². The number of hydrogen-bond acceptors (Lipinski definition) is 14. The highest BCUT2D eigenvalue weighted by atomic mass is 32.2. The van der Waals surface area contributed by atoms with Crippen LogP contribution in [0, 0.1) is 0 Å². The molecule has 2 aliphatic heterocycles. The maximum Gasteiger partial charge on any atom is 0.293 e. The lowest BCUT2D eigenvalue weighted by atomic mass is 10.1. The Morgan fingerprint density at radius 2 is 1.11 bits per heavy atom. The van der Waals surface area contributed by atoms with Crippen LogP contribution in [0.1, 0.15) is 83.3 Å². The van der Waals surface area contributed by atoms with Gasteiger partial charge in [-0.2, -0.15) is 4.31 Å². The van der Waals surface area contributed by atoms with E-state index in [0.717, 1.165) is 34.7 Å². The number of sulfonamides is 1. The van der Waals surface area contributed by atoms with E-state index in [0.29, 0.717) is 102 Å². The van der Waals surface area contributed by atoms with Crippen LogP contribution in [0.15, 0.2) is 76.6 Å². The summed E-state index contributed by atoms with van der Waals surface area (Å²) in [5, 5.41) is -0.102. The summed E-state index contributed by atoms with van der Waals surface area (Å²) in [7, 11) is -6.83. The van der Waals surface area contributed by atoms with Crippen LogP contribution in [0.5, 0.6) is 11.5 Å². The largest absolute Gasteiger partial charge is 0.497 e. The lowest BCUT2D eigenvalue weighted by Gasteiger charge is -2.36. The predicted octanol–water partition coefficient (Wildman–Crippen LogP) is 7.68. The maximum absolute atomic E-state index is 13.5. The molecule has 6 rings (SSSR count). The van der Waals surface area contributed by atoms with Crippen molar-refractivity contribution in [1.82, 2.24) is 23.4 Å². The van der Waals surface area contributed by atoms with Gasteiger partial charge in [0.1, 0.15) is 21.3 Å². The van der Waals surface area contributed by atoms with Crippen LogP contribution >= 0.6 is 0 Å². The van der Waals surface area contributed by atoms with E-state index in [4.69, 9.17) is 23.3 Å². The zero-order chi connectivity index (χ0) is 54.9. The van der Waals surface area contributed by atoms with Gasteiger partial charge in [0.15, 0.2) is 28.3 Å². The summed E-state index contributed by atoms with van der Waals surface area (Å²) in [6, 6.07) is 15.3. The van der Waals surface area contributed by atoms with Gasteiger partial charge in [-0.05, 0) is 103 Å². The molecule has 0 atom stereocenters. The molecule has 2 aromatic heterocycles. The molecule has 0 unspecified atom stereocenters. The molecule has 0 saturated carbocycles. The molecule has 17 nitrogen and oxygen atoms in total. The first-order chi connectivity index (χ1) is 34.4. The van der Waals surface area contributed by atoms with Crippen LogP contribution < -0.4 is 30.4 Å². The molecule has 0 bridgehead atoms. The first kappa shape index (κ1) is 60.2. The summed E-state index contributed by atoms with van der Waals surface area (Å²) in [5.41, 5.74) is 3.06. The fourth-order valence-corrected chi connectivity index (χ4v) is 11.9. The third-order valence-corrected chi connectivity index (χ3v) is 26.9. The van der Waals surface area contributed by atoms with Crippen LogP contribution in [0.4, 0.5) is 11.6 Å². The number of methoxy groups -OCH3 is 2. The molecule has 4 heterocycles. The van der Waals surface area contributed by atoms with Gasteiger partial charge >= 0.3 is 0 Å². The van der Waals surface area contributed by atoms with Crippen molar-refractivity contribution in [2.24, 2.45) is 0 Å². The number of rotatable bonds is 19. The van der Waals surface area contributed by atoms with Gasteiger partial charge in [0.2, 0.25) is 10.0 Å². The molecule has 4 aromatic rings. The molecule has 0 amide bonds. The molecule has 21 heteroatoms. The fraction of sp³-hybridized carbons (Fsp3) is 0.585. The normalized spacial score (nSPS) is 15.8. The van der Waals surface area contributed by atoms with Crippen LogP contribution in [-0.2, 0) is 48.2 Å². The van der Waals surface area contributed by atoms with E-state index < -0.39 is 36.5 Å². The number of hydrogen-bond donors (Lipinski definition) is 0. The Labute approximate surface area is 443 Å². The fourth-order valence-electron chi connectivity index (χ4n) is 7.99. The lowest BCUT2D eigenvalue weighted by Crippen LogP contribution is -2.50. The number of aryl methyl sites for hydroxylation is 1. The van der Waals surface area contributed by atoms with Crippen molar-refractivity contribution in [2.45, 2.75) is 122 Å². The summed E-state index contributed by atoms with van der Waals surface area (Å²) in [6.45, 7) is 26.6. The third kappa shape index (κ3) is 16.7. The van der Waals surface area contributed by atoms with Crippen molar-refractivity contribution in [1.29, 1.82) is 0 Å². The molecule has 410 valence electrons. The number of ether oxygens (including phenoxy) is 2. The number of anilines is 2. The zero-order valence-electron chi connectivity index (χ0n) is 46.4. The molecular weight excluding hydrogens is 1010 g/mol. The average molecular weight is 1100 g/mol. The van der Waals surface area contributed by atoms with Crippen LogP contribution in [0.2, 0.25) is 36.3 Å². The predicted molar refractivity (Wildman–Crippen MR) is 304 cm³/mol. The molecule has 0 N–H and O–H groups in total. The van der Waals surface area contributed by atoms with E-state index in [2.05, 4.69) is 72.7 Å². The Morgan fingerprint density at radius 1 is 0.649 bits per heavy atom. The summed E-state index contributed by atoms with van der Waals surface area (Å²) in [6.07, 6.45) is 12.4. The van der Waals surface area contributed by atoms with Gasteiger partial charge in [0, 0.05) is 64.5 Å². The first-order valence-corrected chi connectivity index (χ1v) is 35.1. The summed E-state index contributed by atoms with van der Waals surface area (Å²) >= 11 is 0. The number of sulfone groups is 1. The van der Waals surface area contributed by atoms with Gasteiger partial charge in [-0.3, -0.25) is 9.59 Å². The molecule has 2 aromatic carbocycles. The molecule has 0 radical (unpaired) electrons.